The minimum absolute atomic E-state index is 0.0790. The second kappa shape index (κ2) is 9.45. The molecule has 7 heteroatoms. The highest BCUT2D eigenvalue weighted by Crippen LogP contribution is 2.27. The van der Waals surface area contributed by atoms with Crippen LogP contribution in [0.15, 0.2) is 0 Å². The standard InChI is InChI=1S/C22H40FN5O/c23-18-7-2-1-6-17(18)15-28-13-5-8-19(28)22-25-21(26-29-22)16-9-10-24-20(14-16)27-11-3-4-12-27/h16-22,24-26H,1-15H2/p+2. The predicted octanol–water partition coefficient (Wildman–Crippen LogP) is -0.266. The first-order valence-electron chi connectivity index (χ1n) is 12.5. The van der Waals surface area contributed by atoms with Crippen molar-refractivity contribution in [2.75, 3.05) is 32.7 Å². The molecule has 4 saturated heterocycles. The number of alkyl halides is 1. The number of piperidine rings is 1. The summed E-state index contributed by atoms with van der Waals surface area (Å²) in [5, 5.41) is 6.36. The van der Waals surface area contributed by atoms with Gasteiger partial charge in [0.2, 0.25) is 0 Å². The lowest BCUT2D eigenvalue weighted by molar-refractivity contribution is -0.920. The minimum Gasteiger partial charge on any atom is -0.331 e. The zero-order valence-electron chi connectivity index (χ0n) is 18.0. The molecule has 0 radical (unpaired) electrons. The Kier molecular flexibility index (Phi) is 6.71. The van der Waals surface area contributed by atoms with E-state index in [2.05, 4.69) is 21.0 Å². The van der Waals surface area contributed by atoms with Crippen LogP contribution in [-0.2, 0) is 4.84 Å². The number of nitrogens with one attached hydrogen (secondary N) is 3. The monoisotopic (exact) mass is 411 g/mol. The number of nitrogens with two attached hydrogens (primary N) is 1. The molecule has 1 saturated carbocycles. The number of rotatable bonds is 5. The number of halogens is 1. The van der Waals surface area contributed by atoms with Gasteiger partial charge in [0.25, 0.3) is 0 Å². The van der Waals surface area contributed by atoms with Crippen LogP contribution >= 0.6 is 0 Å². The maximum atomic E-state index is 14.4. The molecule has 4 aliphatic heterocycles. The van der Waals surface area contributed by atoms with Crippen molar-refractivity contribution in [3.05, 3.63) is 0 Å². The maximum absolute atomic E-state index is 14.4. The molecule has 5 N–H and O–H groups in total. The molecule has 5 rings (SSSR count). The molecule has 1 aliphatic carbocycles. The molecule has 0 amide bonds. The molecule has 0 aromatic heterocycles. The molecule has 166 valence electrons. The first kappa shape index (κ1) is 20.6. The third-order valence-electron chi connectivity index (χ3n) is 8.51. The lowest BCUT2D eigenvalue weighted by atomic mass is 9.87. The van der Waals surface area contributed by atoms with Crippen LogP contribution in [0, 0.1) is 11.8 Å². The van der Waals surface area contributed by atoms with Gasteiger partial charge in [-0.3, -0.25) is 15.1 Å². The number of quaternary nitrogens is 2. The third-order valence-corrected chi connectivity index (χ3v) is 8.51. The predicted molar refractivity (Wildman–Crippen MR) is 110 cm³/mol. The van der Waals surface area contributed by atoms with Gasteiger partial charge in [-0.1, -0.05) is 12.8 Å². The fraction of sp³-hybridized carbons (Fsp3) is 1.00. The SMILES string of the molecule is FC1CCCCC1C[NH+]1CCCC1C1NC(C2CC[NH2+]C(N3CCCC3)C2)NO1. The Morgan fingerprint density at radius 2 is 1.90 bits per heavy atom. The normalized spacial score (nSPS) is 47.1. The lowest BCUT2D eigenvalue weighted by Gasteiger charge is -2.35. The van der Waals surface area contributed by atoms with E-state index in [9.17, 15) is 4.39 Å². The smallest absolute Gasteiger partial charge is 0.183 e. The Morgan fingerprint density at radius 3 is 2.76 bits per heavy atom. The highest BCUT2D eigenvalue weighted by atomic mass is 19.1. The highest BCUT2D eigenvalue weighted by Gasteiger charge is 2.45. The molecule has 8 unspecified atom stereocenters. The summed E-state index contributed by atoms with van der Waals surface area (Å²) in [5.74, 6) is 0.897. The number of nitrogens with zero attached hydrogens (tertiary/aromatic N) is 1. The number of likely N-dealkylation sites (tertiary alicyclic amines) is 2. The second-order valence-corrected chi connectivity index (χ2v) is 10.3. The van der Waals surface area contributed by atoms with E-state index in [1.807, 2.05) is 0 Å². The van der Waals surface area contributed by atoms with Crippen LogP contribution in [-0.4, -0.2) is 68.4 Å². The van der Waals surface area contributed by atoms with E-state index in [1.165, 1.54) is 71.1 Å². The second-order valence-electron chi connectivity index (χ2n) is 10.3. The van der Waals surface area contributed by atoms with E-state index in [0.29, 0.717) is 18.1 Å². The topological polar surface area (TPSA) is 57.6 Å². The summed E-state index contributed by atoms with van der Waals surface area (Å²) in [7, 11) is 0. The van der Waals surface area contributed by atoms with Gasteiger partial charge in [0.15, 0.2) is 6.23 Å². The Morgan fingerprint density at radius 1 is 1.03 bits per heavy atom. The molecule has 6 nitrogen and oxygen atoms in total. The van der Waals surface area contributed by atoms with E-state index in [-0.39, 0.29) is 18.3 Å². The Hall–Kier alpha value is -0.310. The fourth-order valence-corrected chi connectivity index (χ4v) is 6.81. The van der Waals surface area contributed by atoms with Crippen molar-refractivity contribution in [3.63, 3.8) is 0 Å². The maximum Gasteiger partial charge on any atom is 0.183 e. The quantitative estimate of drug-likeness (QED) is 0.503. The molecule has 29 heavy (non-hydrogen) atoms. The van der Waals surface area contributed by atoms with Gasteiger partial charge in [-0.2, -0.15) is 5.48 Å². The summed E-state index contributed by atoms with van der Waals surface area (Å²) in [4.78, 5) is 10.4. The van der Waals surface area contributed by atoms with E-state index < -0.39 is 6.17 Å². The molecule has 0 bridgehead atoms. The van der Waals surface area contributed by atoms with E-state index >= 15 is 0 Å². The van der Waals surface area contributed by atoms with Crippen molar-refractivity contribution in [3.8, 4) is 0 Å². The van der Waals surface area contributed by atoms with Gasteiger partial charge in [-0.05, 0) is 25.7 Å². The van der Waals surface area contributed by atoms with E-state index in [4.69, 9.17) is 4.84 Å². The first-order chi connectivity index (χ1) is 14.3. The van der Waals surface area contributed by atoms with Crippen LogP contribution in [0.5, 0.6) is 0 Å². The molecule has 0 spiro atoms. The summed E-state index contributed by atoms with van der Waals surface area (Å²) < 4.78 is 14.4. The van der Waals surface area contributed by atoms with Crippen molar-refractivity contribution in [1.29, 1.82) is 0 Å². The number of hydroxylamine groups is 1. The average molecular weight is 412 g/mol. The number of hydrogen-bond acceptors (Lipinski definition) is 4. The van der Waals surface area contributed by atoms with E-state index in [1.54, 1.807) is 4.90 Å². The van der Waals surface area contributed by atoms with Gasteiger partial charge >= 0.3 is 0 Å². The van der Waals surface area contributed by atoms with Gasteiger partial charge in [-0.15, -0.1) is 0 Å². The molecular weight excluding hydrogens is 369 g/mol. The molecule has 5 fully saturated rings. The Bertz CT molecular complexity index is 533. The zero-order valence-corrected chi connectivity index (χ0v) is 18.0. The zero-order chi connectivity index (χ0) is 19.6. The molecule has 5 aliphatic rings. The molecular formula is C22H42FN5O+2. The van der Waals surface area contributed by atoms with Crippen LogP contribution in [0.25, 0.3) is 0 Å². The van der Waals surface area contributed by atoms with Gasteiger partial charge in [0.1, 0.15) is 18.4 Å². The van der Waals surface area contributed by atoms with E-state index in [0.717, 1.165) is 25.8 Å². The van der Waals surface area contributed by atoms with Crippen LogP contribution < -0.4 is 21.0 Å². The van der Waals surface area contributed by atoms with Gasteiger partial charge in [0.05, 0.1) is 25.8 Å². The van der Waals surface area contributed by atoms with Gasteiger partial charge in [0, 0.05) is 50.6 Å². The molecule has 0 aromatic rings. The molecule has 4 heterocycles. The Balaban J connectivity index is 1.14. The molecule has 0 aromatic carbocycles. The van der Waals surface area contributed by atoms with Crippen LogP contribution in [0.4, 0.5) is 4.39 Å². The summed E-state index contributed by atoms with van der Waals surface area (Å²) in [6.07, 6.45) is 12.2. The van der Waals surface area contributed by atoms with Crippen molar-refractivity contribution in [1.82, 2.24) is 15.7 Å². The van der Waals surface area contributed by atoms with Crippen molar-refractivity contribution in [2.24, 2.45) is 11.8 Å². The summed E-state index contributed by atoms with van der Waals surface area (Å²) in [6, 6.07) is 0.464. The van der Waals surface area contributed by atoms with Crippen molar-refractivity contribution in [2.45, 2.75) is 95.0 Å². The van der Waals surface area contributed by atoms with Crippen LogP contribution in [0.1, 0.15) is 64.2 Å². The largest absolute Gasteiger partial charge is 0.331 e. The minimum atomic E-state index is -0.582. The first-order valence-corrected chi connectivity index (χ1v) is 12.5. The van der Waals surface area contributed by atoms with Gasteiger partial charge in [-0.25, -0.2) is 4.39 Å². The van der Waals surface area contributed by atoms with Crippen LogP contribution in [0.2, 0.25) is 0 Å². The Labute approximate surface area is 175 Å². The summed E-state index contributed by atoms with van der Waals surface area (Å²) >= 11 is 0. The average Bonchev–Trinajstić information content (AvgIpc) is 3.51. The van der Waals surface area contributed by atoms with Gasteiger partial charge < -0.3 is 10.2 Å². The van der Waals surface area contributed by atoms with Crippen LogP contribution in [0.3, 0.4) is 0 Å². The number of hydrogen-bond donors (Lipinski definition) is 4. The summed E-state index contributed by atoms with van der Waals surface area (Å²) in [5.41, 5.74) is 3.37. The molecule has 8 atom stereocenters. The lowest BCUT2D eigenvalue weighted by Crippen LogP contribution is -3.16. The highest BCUT2D eigenvalue weighted by molar-refractivity contribution is 4.86. The van der Waals surface area contributed by atoms with Crippen molar-refractivity contribution < 1.29 is 19.4 Å². The summed E-state index contributed by atoms with van der Waals surface area (Å²) in [6.45, 7) is 5.94. The van der Waals surface area contributed by atoms with Crippen molar-refractivity contribution >= 4 is 0 Å². The third kappa shape index (κ3) is 4.65. The fourth-order valence-electron chi connectivity index (χ4n) is 6.81.